The largest absolute Gasteiger partial charge is 0.356 e. The molecule has 2 saturated heterocycles. The van der Waals surface area contributed by atoms with Crippen LogP contribution in [-0.2, 0) is 6.54 Å². The van der Waals surface area contributed by atoms with Crippen LogP contribution in [0.2, 0.25) is 0 Å². The fourth-order valence-corrected chi connectivity index (χ4v) is 4.96. The van der Waals surface area contributed by atoms with Crippen LogP contribution in [0.15, 0.2) is 0 Å². The van der Waals surface area contributed by atoms with Crippen LogP contribution in [0, 0.1) is 19.8 Å². The number of anilines is 1. The number of aromatic nitrogens is 2. The second kappa shape index (κ2) is 6.60. The lowest BCUT2D eigenvalue weighted by molar-refractivity contribution is 0.181. The quantitative estimate of drug-likeness (QED) is 0.838. The van der Waals surface area contributed by atoms with Crippen molar-refractivity contribution >= 4 is 27.4 Å². The first-order valence-corrected chi connectivity index (χ1v) is 10.2. The maximum Gasteiger partial charge on any atom is 0.146 e. The van der Waals surface area contributed by atoms with Gasteiger partial charge in [-0.3, -0.25) is 4.90 Å². The molecule has 4 nitrogen and oxygen atoms in total. The van der Waals surface area contributed by atoms with Gasteiger partial charge in [0.15, 0.2) is 0 Å². The number of hydrogen-bond acceptors (Lipinski definition) is 5. The lowest BCUT2D eigenvalue weighted by Crippen LogP contribution is -2.33. The number of likely N-dealkylation sites (tertiary alicyclic amines) is 1. The van der Waals surface area contributed by atoms with Crippen LogP contribution in [0.25, 0.3) is 10.2 Å². The summed E-state index contributed by atoms with van der Waals surface area (Å²) in [5.41, 5.74) is 1.37. The number of aryl methyl sites for hydroxylation is 2. The Kier molecular flexibility index (Phi) is 4.48. The second-order valence-corrected chi connectivity index (χ2v) is 8.78. The molecule has 2 aliphatic rings. The van der Waals surface area contributed by atoms with Crippen molar-refractivity contribution in [2.24, 2.45) is 5.92 Å². The summed E-state index contributed by atoms with van der Waals surface area (Å²) in [5, 5.41) is 1.30. The Morgan fingerprint density at radius 2 is 1.75 bits per heavy atom. The molecule has 0 bridgehead atoms. The van der Waals surface area contributed by atoms with Gasteiger partial charge in [0.05, 0.1) is 11.9 Å². The highest BCUT2D eigenvalue weighted by Crippen LogP contribution is 2.36. The number of piperidine rings is 1. The van der Waals surface area contributed by atoms with E-state index in [4.69, 9.17) is 9.97 Å². The summed E-state index contributed by atoms with van der Waals surface area (Å²) in [6.07, 6.45) is 5.18. The van der Waals surface area contributed by atoms with E-state index in [1.54, 1.807) is 0 Å². The topological polar surface area (TPSA) is 32.3 Å². The summed E-state index contributed by atoms with van der Waals surface area (Å²) in [4.78, 5) is 17.6. The van der Waals surface area contributed by atoms with Crippen molar-refractivity contribution in [2.75, 3.05) is 31.1 Å². The van der Waals surface area contributed by atoms with Gasteiger partial charge in [-0.25, -0.2) is 9.97 Å². The van der Waals surface area contributed by atoms with Gasteiger partial charge in [-0.05, 0) is 64.1 Å². The van der Waals surface area contributed by atoms with E-state index in [0.717, 1.165) is 31.4 Å². The van der Waals surface area contributed by atoms with Crippen LogP contribution in [0.4, 0.5) is 5.82 Å². The van der Waals surface area contributed by atoms with E-state index in [1.807, 2.05) is 11.3 Å². The summed E-state index contributed by atoms with van der Waals surface area (Å²) in [7, 11) is 0. The summed E-state index contributed by atoms with van der Waals surface area (Å²) in [5.74, 6) is 3.08. The minimum Gasteiger partial charge on any atom is -0.356 e. The minimum absolute atomic E-state index is 0.868. The van der Waals surface area contributed by atoms with Crippen LogP contribution < -0.4 is 4.90 Å². The predicted molar refractivity (Wildman–Crippen MR) is 102 cm³/mol. The lowest BCUT2D eigenvalue weighted by Gasteiger charge is -2.29. The molecule has 5 heteroatoms. The van der Waals surface area contributed by atoms with Crippen molar-refractivity contribution in [2.45, 2.75) is 53.0 Å². The van der Waals surface area contributed by atoms with E-state index in [-0.39, 0.29) is 0 Å². The fraction of sp³-hybridized carbons (Fsp3) is 0.684. The Bertz CT molecular complexity index is 725. The molecule has 0 saturated carbocycles. The fourth-order valence-electron chi connectivity index (χ4n) is 3.92. The van der Waals surface area contributed by atoms with E-state index in [2.05, 4.69) is 30.6 Å². The third-order valence-corrected chi connectivity index (χ3v) is 6.80. The zero-order valence-electron chi connectivity index (χ0n) is 15.1. The molecule has 24 heavy (non-hydrogen) atoms. The van der Waals surface area contributed by atoms with E-state index < -0.39 is 0 Å². The maximum atomic E-state index is 5.05. The summed E-state index contributed by atoms with van der Waals surface area (Å²) in [6.45, 7) is 12.3. The average molecular weight is 345 g/mol. The first-order valence-electron chi connectivity index (χ1n) is 9.35. The van der Waals surface area contributed by atoms with E-state index in [0.29, 0.717) is 0 Å². The van der Waals surface area contributed by atoms with Gasteiger partial charge in [0.1, 0.15) is 16.5 Å². The number of thiophene rings is 1. The Hall–Kier alpha value is -1.20. The van der Waals surface area contributed by atoms with Gasteiger partial charge < -0.3 is 4.90 Å². The number of hydrogen-bond donors (Lipinski definition) is 0. The van der Waals surface area contributed by atoms with Gasteiger partial charge in [-0.2, -0.15) is 0 Å². The van der Waals surface area contributed by atoms with Gasteiger partial charge in [0, 0.05) is 18.0 Å². The summed E-state index contributed by atoms with van der Waals surface area (Å²) in [6, 6.07) is 0. The normalized spacial score (nSPS) is 20.4. The summed E-state index contributed by atoms with van der Waals surface area (Å²) < 4.78 is 0. The molecule has 2 aliphatic heterocycles. The third kappa shape index (κ3) is 3.04. The maximum absolute atomic E-state index is 5.05. The standard InChI is InChI=1S/C19H28N4S/c1-13-6-10-22(11-7-13)12-16-20-18(23-8-4-5-9-23)17-14(2)15(3)24-19(17)21-16/h13H,4-12H2,1-3H3. The van der Waals surface area contributed by atoms with Crippen molar-refractivity contribution in [3.63, 3.8) is 0 Å². The molecule has 0 aromatic carbocycles. The van der Waals surface area contributed by atoms with Gasteiger partial charge in [0.25, 0.3) is 0 Å². The van der Waals surface area contributed by atoms with E-state index >= 15 is 0 Å². The molecular formula is C19H28N4S. The van der Waals surface area contributed by atoms with Crippen molar-refractivity contribution in [3.05, 3.63) is 16.3 Å². The average Bonchev–Trinajstić information content (AvgIpc) is 3.19. The highest BCUT2D eigenvalue weighted by molar-refractivity contribution is 7.18. The Morgan fingerprint density at radius 1 is 1.04 bits per heavy atom. The van der Waals surface area contributed by atoms with Crippen LogP contribution in [0.5, 0.6) is 0 Å². The van der Waals surface area contributed by atoms with Crippen LogP contribution in [-0.4, -0.2) is 41.0 Å². The Labute approximate surface area is 148 Å². The smallest absolute Gasteiger partial charge is 0.146 e. The van der Waals surface area contributed by atoms with Crippen molar-refractivity contribution in [1.29, 1.82) is 0 Å². The van der Waals surface area contributed by atoms with Gasteiger partial charge in [-0.15, -0.1) is 11.3 Å². The molecule has 2 fully saturated rings. The monoisotopic (exact) mass is 344 g/mol. The van der Waals surface area contributed by atoms with Crippen molar-refractivity contribution in [1.82, 2.24) is 14.9 Å². The molecule has 0 unspecified atom stereocenters. The number of nitrogens with zero attached hydrogens (tertiary/aromatic N) is 4. The Morgan fingerprint density at radius 3 is 2.46 bits per heavy atom. The first-order chi connectivity index (χ1) is 11.6. The van der Waals surface area contributed by atoms with Gasteiger partial charge in [0.2, 0.25) is 0 Å². The molecule has 0 spiro atoms. The SMILES string of the molecule is Cc1sc2nc(CN3CCC(C)CC3)nc(N3CCCC3)c2c1C. The van der Waals surface area contributed by atoms with Crippen molar-refractivity contribution in [3.8, 4) is 0 Å². The number of fused-ring (bicyclic) bond motifs is 1. The molecule has 2 aromatic heterocycles. The molecule has 130 valence electrons. The third-order valence-electron chi connectivity index (χ3n) is 5.70. The lowest BCUT2D eigenvalue weighted by atomic mass is 9.99. The summed E-state index contributed by atoms with van der Waals surface area (Å²) >= 11 is 1.83. The minimum atomic E-state index is 0.868. The molecule has 0 amide bonds. The predicted octanol–water partition coefficient (Wildman–Crippen LogP) is 4.14. The van der Waals surface area contributed by atoms with Gasteiger partial charge in [-0.1, -0.05) is 6.92 Å². The first kappa shape index (κ1) is 16.3. The van der Waals surface area contributed by atoms with Crippen molar-refractivity contribution < 1.29 is 0 Å². The van der Waals surface area contributed by atoms with Crippen LogP contribution >= 0.6 is 11.3 Å². The van der Waals surface area contributed by atoms with Crippen LogP contribution in [0.3, 0.4) is 0 Å². The molecule has 0 N–H and O–H groups in total. The highest BCUT2D eigenvalue weighted by atomic mass is 32.1. The van der Waals surface area contributed by atoms with E-state index in [9.17, 15) is 0 Å². The molecule has 2 aromatic rings. The second-order valence-electron chi connectivity index (χ2n) is 7.58. The molecule has 4 heterocycles. The molecular weight excluding hydrogens is 316 g/mol. The zero-order valence-corrected chi connectivity index (χ0v) is 16.0. The van der Waals surface area contributed by atoms with Crippen LogP contribution in [0.1, 0.15) is 48.9 Å². The Balaban J connectivity index is 1.68. The molecule has 4 rings (SSSR count). The molecule has 0 radical (unpaired) electrons. The molecule has 0 aliphatic carbocycles. The number of rotatable bonds is 3. The van der Waals surface area contributed by atoms with E-state index in [1.165, 1.54) is 65.2 Å². The van der Waals surface area contributed by atoms with Gasteiger partial charge >= 0.3 is 0 Å². The highest BCUT2D eigenvalue weighted by Gasteiger charge is 2.23. The molecule has 0 atom stereocenters. The zero-order chi connectivity index (χ0) is 16.7.